The van der Waals surface area contributed by atoms with Crippen LogP contribution in [-0.2, 0) is 22.0 Å². The predicted octanol–water partition coefficient (Wildman–Crippen LogP) is 4.65. The van der Waals surface area contributed by atoms with Crippen LogP contribution in [0.5, 0.6) is 0 Å². The SMILES string of the molecule is Cc1ccc(C2(O)C=C(c3ccccc3F)C(=O)N2OCc2ccccc2)c(C)c1. The lowest BCUT2D eigenvalue weighted by Gasteiger charge is -2.33. The number of hydroxylamine groups is 2. The molecular formula is C25H22FNO3. The second kappa shape index (κ2) is 7.86. The van der Waals surface area contributed by atoms with E-state index < -0.39 is 17.4 Å². The number of carbonyl (C=O) groups is 1. The molecule has 3 aromatic carbocycles. The van der Waals surface area contributed by atoms with Crippen LogP contribution in [0.1, 0.15) is 27.8 Å². The molecule has 0 radical (unpaired) electrons. The average Bonchev–Trinajstić information content (AvgIpc) is 2.98. The van der Waals surface area contributed by atoms with Crippen molar-refractivity contribution in [3.05, 3.63) is 113 Å². The molecule has 4 rings (SSSR count). The normalized spacial score (nSPS) is 18.6. The van der Waals surface area contributed by atoms with E-state index in [9.17, 15) is 14.3 Å². The maximum atomic E-state index is 14.4. The van der Waals surface area contributed by atoms with Crippen LogP contribution in [0.15, 0.2) is 78.9 Å². The minimum atomic E-state index is -1.86. The molecule has 1 aliphatic rings. The van der Waals surface area contributed by atoms with Crippen LogP contribution >= 0.6 is 0 Å². The number of nitrogens with zero attached hydrogens (tertiary/aromatic N) is 1. The van der Waals surface area contributed by atoms with Gasteiger partial charge in [0, 0.05) is 11.1 Å². The highest BCUT2D eigenvalue weighted by molar-refractivity contribution is 6.21. The van der Waals surface area contributed by atoms with E-state index in [2.05, 4.69) is 0 Å². The smallest absolute Gasteiger partial charge is 0.281 e. The van der Waals surface area contributed by atoms with Crippen LogP contribution in [0.25, 0.3) is 5.57 Å². The molecule has 1 atom stereocenters. The summed E-state index contributed by atoms with van der Waals surface area (Å²) >= 11 is 0. The van der Waals surface area contributed by atoms with Crippen LogP contribution < -0.4 is 0 Å². The first-order valence-corrected chi connectivity index (χ1v) is 9.69. The van der Waals surface area contributed by atoms with E-state index in [-0.39, 0.29) is 17.7 Å². The average molecular weight is 403 g/mol. The predicted molar refractivity (Wildman–Crippen MR) is 112 cm³/mol. The Hall–Kier alpha value is -3.28. The van der Waals surface area contributed by atoms with Gasteiger partial charge in [-0.1, -0.05) is 72.3 Å². The fourth-order valence-corrected chi connectivity index (χ4v) is 3.74. The highest BCUT2D eigenvalue weighted by Crippen LogP contribution is 2.41. The Labute approximate surface area is 174 Å². The Morgan fingerprint density at radius 3 is 2.40 bits per heavy atom. The summed E-state index contributed by atoms with van der Waals surface area (Å²) in [6.07, 6.45) is 1.37. The van der Waals surface area contributed by atoms with E-state index in [4.69, 9.17) is 4.84 Å². The maximum Gasteiger partial charge on any atom is 0.281 e. The van der Waals surface area contributed by atoms with Crippen molar-refractivity contribution in [1.29, 1.82) is 0 Å². The van der Waals surface area contributed by atoms with Crippen molar-refractivity contribution in [3.8, 4) is 0 Å². The van der Waals surface area contributed by atoms with Crippen molar-refractivity contribution in [3.63, 3.8) is 0 Å². The molecular weight excluding hydrogens is 381 g/mol. The molecule has 1 unspecified atom stereocenters. The lowest BCUT2D eigenvalue weighted by atomic mass is 9.95. The van der Waals surface area contributed by atoms with Gasteiger partial charge in [-0.3, -0.25) is 9.63 Å². The minimum absolute atomic E-state index is 0.0589. The number of aliphatic hydroxyl groups is 1. The third kappa shape index (κ3) is 3.54. The molecule has 1 aliphatic heterocycles. The first-order valence-electron chi connectivity index (χ1n) is 9.69. The van der Waals surface area contributed by atoms with E-state index in [0.717, 1.165) is 21.8 Å². The monoisotopic (exact) mass is 403 g/mol. The van der Waals surface area contributed by atoms with Crippen LogP contribution in [0.2, 0.25) is 0 Å². The fraction of sp³-hybridized carbons (Fsp3) is 0.160. The maximum absolute atomic E-state index is 14.4. The third-order valence-electron chi connectivity index (χ3n) is 5.22. The van der Waals surface area contributed by atoms with Gasteiger partial charge < -0.3 is 5.11 Å². The van der Waals surface area contributed by atoms with Gasteiger partial charge in [-0.15, -0.1) is 0 Å². The summed E-state index contributed by atoms with van der Waals surface area (Å²) in [7, 11) is 0. The van der Waals surface area contributed by atoms with Crippen LogP contribution in [-0.4, -0.2) is 16.1 Å². The molecule has 1 N–H and O–H groups in total. The van der Waals surface area contributed by atoms with E-state index >= 15 is 0 Å². The second-order valence-corrected chi connectivity index (χ2v) is 7.44. The number of hydrogen-bond acceptors (Lipinski definition) is 3. The van der Waals surface area contributed by atoms with Crippen molar-refractivity contribution in [2.75, 3.05) is 0 Å². The van der Waals surface area contributed by atoms with Gasteiger partial charge in [0.05, 0.1) is 5.57 Å². The van der Waals surface area contributed by atoms with Crippen LogP contribution in [0.4, 0.5) is 4.39 Å². The summed E-state index contributed by atoms with van der Waals surface area (Å²) in [5.41, 5.74) is 1.49. The van der Waals surface area contributed by atoms with Crippen molar-refractivity contribution in [2.24, 2.45) is 0 Å². The highest BCUT2D eigenvalue weighted by atomic mass is 19.1. The van der Waals surface area contributed by atoms with Crippen molar-refractivity contribution in [1.82, 2.24) is 5.06 Å². The molecule has 1 amide bonds. The van der Waals surface area contributed by atoms with Crippen molar-refractivity contribution < 1.29 is 19.1 Å². The van der Waals surface area contributed by atoms with Gasteiger partial charge in [0.2, 0.25) is 5.72 Å². The highest BCUT2D eigenvalue weighted by Gasteiger charge is 2.48. The third-order valence-corrected chi connectivity index (χ3v) is 5.22. The van der Waals surface area contributed by atoms with Gasteiger partial charge in [0.15, 0.2) is 0 Å². The van der Waals surface area contributed by atoms with E-state index in [1.165, 1.54) is 18.2 Å². The number of benzene rings is 3. The molecule has 0 saturated heterocycles. The first-order chi connectivity index (χ1) is 14.4. The van der Waals surface area contributed by atoms with E-state index in [1.807, 2.05) is 56.3 Å². The van der Waals surface area contributed by atoms with Gasteiger partial charge >= 0.3 is 0 Å². The summed E-state index contributed by atoms with van der Waals surface area (Å²) in [6, 6.07) is 20.9. The number of aryl methyl sites for hydroxylation is 2. The summed E-state index contributed by atoms with van der Waals surface area (Å²) in [4.78, 5) is 19.1. The molecule has 4 nitrogen and oxygen atoms in total. The standard InChI is InChI=1S/C25H22FNO3/c1-17-12-13-22(18(2)14-17)25(29)15-21(20-10-6-7-11-23(20)26)24(28)27(25)30-16-19-8-4-3-5-9-19/h3-15,29H,16H2,1-2H3. The molecule has 152 valence electrons. The molecule has 1 heterocycles. The van der Waals surface area contributed by atoms with Crippen molar-refractivity contribution >= 4 is 11.5 Å². The zero-order chi connectivity index (χ0) is 21.3. The summed E-state index contributed by atoms with van der Waals surface area (Å²) in [5.74, 6) is -1.14. The molecule has 0 spiro atoms. The van der Waals surface area contributed by atoms with Crippen LogP contribution in [0.3, 0.4) is 0 Å². The number of halogens is 1. The Bertz CT molecular complexity index is 1130. The quantitative estimate of drug-likeness (QED) is 0.675. The van der Waals surface area contributed by atoms with Gasteiger partial charge in [0.25, 0.3) is 5.91 Å². The Balaban J connectivity index is 1.79. The molecule has 5 heteroatoms. The fourth-order valence-electron chi connectivity index (χ4n) is 3.74. The van der Waals surface area contributed by atoms with Crippen molar-refractivity contribution in [2.45, 2.75) is 26.2 Å². The first kappa shape index (κ1) is 20.0. The molecule has 0 aliphatic carbocycles. The number of amides is 1. The number of carbonyl (C=O) groups excluding carboxylic acids is 1. The lowest BCUT2D eigenvalue weighted by Crippen LogP contribution is -2.44. The molecule has 0 aromatic heterocycles. The second-order valence-electron chi connectivity index (χ2n) is 7.44. The Morgan fingerprint density at radius 2 is 1.70 bits per heavy atom. The largest absolute Gasteiger partial charge is 0.362 e. The lowest BCUT2D eigenvalue weighted by molar-refractivity contribution is -0.262. The number of rotatable bonds is 5. The Morgan fingerprint density at radius 1 is 1.00 bits per heavy atom. The zero-order valence-corrected chi connectivity index (χ0v) is 16.8. The van der Waals surface area contributed by atoms with Crippen LogP contribution in [0, 0.1) is 19.7 Å². The zero-order valence-electron chi connectivity index (χ0n) is 16.8. The van der Waals surface area contributed by atoms with Gasteiger partial charge in [-0.2, -0.15) is 5.06 Å². The number of hydrogen-bond donors (Lipinski definition) is 1. The topological polar surface area (TPSA) is 49.8 Å². The molecule has 30 heavy (non-hydrogen) atoms. The van der Waals surface area contributed by atoms with Gasteiger partial charge in [-0.05, 0) is 37.1 Å². The Kier molecular flexibility index (Phi) is 5.24. The molecule has 0 saturated carbocycles. The summed E-state index contributed by atoms with van der Waals surface area (Å²) in [5, 5.41) is 12.6. The summed E-state index contributed by atoms with van der Waals surface area (Å²) in [6.45, 7) is 3.89. The molecule has 0 fully saturated rings. The summed E-state index contributed by atoms with van der Waals surface area (Å²) < 4.78 is 14.4. The molecule has 3 aromatic rings. The van der Waals surface area contributed by atoms with Gasteiger partial charge in [0.1, 0.15) is 12.4 Å². The van der Waals surface area contributed by atoms with E-state index in [0.29, 0.717) is 5.56 Å². The minimum Gasteiger partial charge on any atom is -0.362 e. The molecule has 0 bridgehead atoms. The van der Waals surface area contributed by atoms with Gasteiger partial charge in [-0.25, -0.2) is 4.39 Å². The van der Waals surface area contributed by atoms with E-state index in [1.54, 1.807) is 18.2 Å².